The van der Waals surface area contributed by atoms with Crippen molar-refractivity contribution in [3.8, 4) is 0 Å². The minimum atomic E-state index is -0.182. The van der Waals surface area contributed by atoms with Gasteiger partial charge in [0.15, 0.2) is 0 Å². The van der Waals surface area contributed by atoms with Crippen LogP contribution < -0.4 is 10.2 Å². The molecule has 2 aromatic heterocycles. The van der Waals surface area contributed by atoms with Crippen LogP contribution in [0.5, 0.6) is 0 Å². The second-order valence-electron chi connectivity index (χ2n) is 5.53. The summed E-state index contributed by atoms with van der Waals surface area (Å²) >= 11 is 0. The smallest absolute Gasteiger partial charge is 0.254 e. The molecule has 3 rings (SSSR count). The van der Waals surface area contributed by atoms with Gasteiger partial charge in [-0.1, -0.05) is 0 Å². The van der Waals surface area contributed by atoms with Crippen molar-refractivity contribution < 1.29 is 9.21 Å². The number of hydrogen-bond acceptors (Lipinski definition) is 5. The lowest BCUT2D eigenvalue weighted by molar-refractivity contribution is 0.0949. The Labute approximate surface area is 129 Å². The molecular weight excluding hydrogens is 280 g/mol. The van der Waals surface area contributed by atoms with E-state index in [4.69, 9.17) is 4.42 Å². The van der Waals surface area contributed by atoms with Gasteiger partial charge in [-0.2, -0.15) is 0 Å². The molecule has 1 N–H and O–H groups in total. The number of furan rings is 1. The molecule has 1 saturated heterocycles. The summed E-state index contributed by atoms with van der Waals surface area (Å²) in [7, 11) is 0. The summed E-state index contributed by atoms with van der Waals surface area (Å²) in [5.74, 6) is 1.41. The number of nitrogens with one attached hydrogen (secondary N) is 1. The van der Waals surface area contributed by atoms with Gasteiger partial charge in [-0.3, -0.25) is 4.79 Å². The third-order valence-electron chi connectivity index (χ3n) is 3.76. The van der Waals surface area contributed by atoms with Gasteiger partial charge < -0.3 is 14.6 Å². The highest BCUT2D eigenvalue weighted by molar-refractivity contribution is 5.93. The highest BCUT2D eigenvalue weighted by Gasteiger charge is 2.14. The Bertz CT molecular complexity index is 634. The van der Waals surface area contributed by atoms with E-state index < -0.39 is 0 Å². The summed E-state index contributed by atoms with van der Waals surface area (Å²) < 4.78 is 4.91. The van der Waals surface area contributed by atoms with Crippen LogP contribution in [-0.2, 0) is 6.54 Å². The first kappa shape index (κ1) is 14.6. The number of hydrogen-bond donors (Lipinski definition) is 1. The van der Waals surface area contributed by atoms with Crippen LogP contribution in [-0.4, -0.2) is 29.0 Å². The molecule has 1 aliphatic rings. The summed E-state index contributed by atoms with van der Waals surface area (Å²) in [5, 5.41) is 2.82. The van der Waals surface area contributed by atoms with E-state index in [0.717, 1.165) is 24.6 Å². The molecule has 1 amide bonds. The fourth-order valence-electron chi connectivity index (χ4n) is 2.63. The second-order valence-corrected chi connectivity index (χ2v) is 5.53. The topological polar surface area (TPSA) is 71.3 Å². The zero-order chi connectivity index (χ0) is 15.4. The number of anilines is 1. The lowest BCUT2D eigenvalue weighted by atomic mass is 10.1. The molecule has 1 fully saturated rings. The lowest BCUT2D eigenvalue weighted by Gasteiger charge is -2.28. The Morgan fingerprint density at radius 3 is 2.86 bits per heavy atom. The highest BCUT2D eigenvalue weighted by Crippen LogP contribution is 2.18. The maximum absolute atomic E-state index is 11.9. The van der Waals surface area contributed by atoms with Crippen molar-refractivity contribution in [3.05, 3.63) is 41.7 Å². The molecule has 0 aromatic carbocycles. The van der Waals surface area contributed by atoms with Gasteiger partial charge in [0.25, 0.3) is 5.91 Å². The summed E-state index contributed by atoms with van der Waals surface area (Å²) in [6.45, 7) is 4.34. The average Bonchev–Trinajstić information content (AvgIpc) is 3.07. The van der Waals surface area contributed by atoms with Gasteiger partial charge in [0.2, 0.25) is 0 Å². The molecule has 0 unspecified atom stereocenters. The average molecular weight is 300 g/mol. The summed E-state index contributed by atoms with van der Waals surface area (Å²) in [5.41, 5.74) is 1.42. The first-order chi connectivity index (χ1) is 10.7. The Morgan fingerprint density at radius 1 is 1.32 bits per heavy atom. The predicted molar refractivity (Wildman–Crippen MR) is 82.7 cm³/mol. The fourth-order valence-corrected chi connectivity index (χ4v) is 2.63. The van der Waals surface area contributed by atoms with E-state index in [1.54, 1.807) is 6.07 Å². The molecule has 6 nitrogen and oxygen atoms in total. The predicted octanol–water partition coefficient (Wildman–Crippen LogP) is 2.30. The number of amides is 1. The number of carbonyl (C=O) groups excluding carboxylic acids is 1. The number of carbonyl (C=O) groups is 1. The SMILES string of the molecule is Cc1cc(N2CCCCC2)nc(CNC(=O)c2ccoc2)n1. The van der Waals surface area contributed by atoms with Crippen LogP contribution in [0.25, 0.3) is 0 Å². The Hall–Kier alpha value is -2.37. The number of rotatable bonds is 4. The van der Waals surface area contributed by atoms with E-state index >= 15 is 0 Å². The van der Waals surface area contributed by atoms with Crippen molar-refractivity contribution in [2.24, 2.45) is 0 Å². The third-order valence-corrected chi connectivity index (χ3v) is 3.76. The molecule has 2 aromatic rings. The number of aromatic nitrogens is 2. The Balaban J connectivity index is 1.68. The standard InChI is InChI=1S/C16H20N4O2/c1-12-9-15(20-6-3-2-4-7-20)19-14(18-12)10-17-16(21)13-5-8-22-11-13/h5,8-9,11H,2-4,6-7,10H2,1H3,(H,17,21). The van der Waals surface area contributed by atoms with Crippen LogP contribution in [0.15, 0.2) is 29.1 Å². The van der Waals surface area contributed by atoms with Crippen LogP contribution >= 0.6 is 0 Å². The van der Waals surface area contributed by atoms with Gasteiger partial charge in [-0.05, 0) is 32.3 Å². The van der Waals surface area contributed by atoms with E-state index in [1.807, 2.05) is 13.0 Å². The first-order valence-corrected chi connectivity index (χ1v) is 7.62. The molecule has 116 valence electrons. The first-order valence-electron chi connectivity index (χ1n) is 7.62. The minimum absolute atomic E-state index is 0.182. The maximum Gasteiger partial charge on any atom is 0.254 e. The van der Waals surface area contributed by atoms with Crippen molar-refractivity contribution in [2.75, 3.05) is 18.0 Å². The zero-order valence-electron chi connectivity index (χ0n) is 12.7. The van der Waals surface area contributed by atoms with Gasteiger partial charge in [0.05, 0.1) is 18.4 Å². The highest BCUT2D eigenvalue weighted by atomic mass is 16.3. The molecule has 0 atom stereocenters. The quantitative estimate of drug-likeness (QED) is 0.938. The molecule has 0 aliphatic carbocycles. The third kappa shape index (κ3) is 3.44. The molecule has 22 heavy (non-hydrogen) atoms. The van der Waals surface area contributed by atoms with Gasteiger partial charge in [-0.15, -0.1) is 0 Å². The van der Waals surface area contributed by atoms with E-state index in [9.17, 15) is 4.79 Å². The van der Waals surface area contributed by atoms with E-state index in [2.05, 4.69) is 20.2 Å². The van der Waals surface area contributed by atoms with Gasteiger partial charge in [0.1, 0.15) is 17.9 Å². The molecule has 0 radical (unpaired) electrons. The Morgan fingerprint density at radius 2 is 2.14 bits per heavy atom. The second kappa shape index (κ2) is 6.60. The maximum atomic E-state index is 11.9. The summed E-state index contributed by atoms with van der Waals surface area (Å²) in [6, 6.07) is 3.64. The summed E-state index contributed by atoms with van der Waals surface area (Å²) in [4.78, 5) is 23.2. The molecule has 0 spiro atoms. The molecular formula is C16H20N4O2. The lowest BCUT2D eigenvalue weighted by Crippen LogP contribution is -2.31. The van der Waals surface area contributed by atoms with Crippen LogP contribution in [0.3, 0.4) is 0 Å². The van der Waals surface area contributed by atoms with Crippen molar-refractivity contribution in [3.63, 3.8) is 0 Å². The van der Waals surface area contributed by atoms with Crippen LogP contribution in [0, 0.1) is 6.92 Å². The van der Waals surface area contributed by atoms with Crippen LogP contribution in [0.1, 0.15) is 41.1 Å². The fraction of sp³-hybridized carbons (Fsp3) is 0.438. The summed E-state index contributed by atoms with van der Waals surface area (Å²) in [6.07, 6.45) is 6.59. The van der Waals surface area contributed by atoms with Gasteiger partial charge in [0, 0.05) is 24.8 Å². The Kier molecular flexibility index (Phi) is 4.37. The number of aryl methyl sites for hydroxylation is 1. The molecule has 3 heterocycles. The van der Waals surface area contributed by atoms with Crippen molar-refractivity contribution in [1.29, 1.82) is 0 Å². The minimum Gasteiger partial charge on any atom is -0.472 e. The zero-order valence-corrected chi connectivity index (χ0v) is 12.7. The van der Waals surface area contributed by atoms with E-state index in [0.29, 0.717) is 17.9 Å². The van der Waals surface area contributed by atoms with Crippen LogP contribution in [0.2, 0.25) is 0 Å². The molecule has 0 bridgehead atoms. The normalized spacial score (nSPS) is 14.9. The molecule has 6 heteroatoms. The largest absolute Gasteiger partial charge is 0.472 e. The monoisotopic (exact) mass is 300 g/mol. The van der Waals surface area contributed by atoms with E-state index in [-0.39, 0.29) is 5.91 Å². The molecule has 0 saturated carbocycles. The van der Waals surface area contributed by atoms with Crippen molar-refractivity contribution in [1.82, 2.24) is 15.3 Å². The van der Waals surface area contributed by atoms with E-state index in [1.165, 1.54) is 31.8 Å². The van der Waals surface area contributed by atoms with Crippen molar-refractivity contribution >= 4 is 11.7 Å². The number of nitrogens with zero attached hydrogens (tertiary/aromatic N) is 3. The van der Waals surface area contributed by atoms with Gasteiger partial charge >= 0.3 is 0 Å². The van der Waals surface area contributed by atoms with Crippen LogP contribution in [0.4, 0.5) is 5.82 Å². The van der Waals surface area contributed by atoms with Gasteiger partial charge in [-0.25, -0.2) is 9.97 Å². The number of piperidine rings is 1. The molecule has 1 aliphatic heterocycles. The van der Waals surface area contributed by atoms with Crippen molar-refractivity contribution in [2.45, 2.75) is 32.7 Å².